The molecule has 140 valence electrons. The first-order chi connectivity index (χ1) is 12.5. The van der Waals surface area contributed by atoms with Gasteiger partial charge in [-0.2, -0.15) is 0 Å². The van der Waals surface area contributed by atoms with Gasteiger partial charge in [0.2, 0.25) is 10.0 Å². The molecular formula is C17H21N3O5S. The average Bonchev–Trinajstić information content (AvgIpc) is 2.64. The third-order valence-corrected chi connectivity index (χ3v) is 5.04. The van der Waals surface area contributed by atoms with Crippen molar-refractivity contribution in [2.75, 3.05) is 13.1 Å². The number of nitrogens with one attached hydrogen (secondary N) is 2. The van der Waals surface area contributed by atoms with E-state index >= 15 is 0 Å². The lowest BCUT2D eigenvalue weighted by molar-refractivity contribution is -0.387. The molecule has 9 heteroatoms. The molecule has 0 unspecified atom stereocenters. The fourth-order valence-electron chi connectivity index (χ4n) is 2.22. The average molecular weight is 379 g/mol. The second-order valence-electron chi connectivity index (χ2n) is 5.50. The first-order valence-electron chi connectivity index (χ1n) is 8.12. The minimum Gasteiger partial charge on any atom is -0.297 e. The fraction of sp³-hybridized carbons (Fsp3) is 0.294. The van der Waals surface area contributed by atoms with Gasteiger partial charge in [-0.1, -0.05) is 42.5 Å². The van der Waals surface area contributed by atoms with Gasteiger partial charge in [-0.3, -0.25) is 15.0 Å². The van der Waals surface area contributed by atoms with Crippen LogP contribution in [0.5, 0.6) is 0 Å². The summed E-state index contributed by atoms with van der Waals surface area (Å²) >= 11 is 0. The summed E-state index contributed by atoms with van der Waals surface area (Å²) in [4.78, 5) is 15.2. The van der Waals surface area contributed by atoms with Crippen LogP contribution in [0.15, 0.2) is 59.5 Å². The molecule has 0 saturated carbocycles. The Labute approximate surface area is 152 Å². The van der Waals surface area contributed by atoms with Crippen LogP contribution in [0.25, 0.3) is 0 Å². The van der Waals surface area contributed by atoms with Crippen LogP contribution in [0, 0.1) is 10.1 Å². The highest BCUT2D eigenvalue weighted by Gasteiger charge is 2.24. The summed E-state index contributed by atoms with van der Waals surface area (Å²) in [5.41, 5.74) is 3.44. The Balaban J connectivity index is 1.67. The molecule has 0 saturated heterocycles. The van der Waals surface area contributed by atoms with E-state index in [1.807, 2.05) is 30.3 Å². The van der Waals surface area contributed by atoms with E-state index in [-0.39, 0.29) is 11.4 Å². The number of nitrogens with zero attached hydrogens (tertiary/aromatic N) is 1. The summed E-state index contributed by atoms with van der Waals surface area (Å²) in [6.07, 6.45) is 1.26. The van der Waals surface area contributed by atoms with Gasteiger partial charge in [0, 0.05) is 19.2 Å². The lowest BCUT2D eigenvalue weighted by Gasteiger charge is -2.08. The molecule has 8 nitrogen and oxygen atoms in total. The summed E-state index contributed by atoms with van der Waals surface area (Å²) in [6, 6.07) is 15.0. The maximum absolute atomic E-state index is 12.2. The van der Waals surface area contributed by atoms with E-state index in [0.717, 1.165) is 5.56 Å². The highest BCUT2D eigenvalue weighted by Crippen LogP contribution is 2.22. The Hall–Kier alpha value is -2.33. The predicted molar refractivity (Wildman–Crippen MR) is 96.8 cm³/mol. The molecule has 0 fully saturated rings. The zero-order valence-corrected chi connectivity index (χ0v) is 14.9. The van der Waals surface area contributed by atoms with Gasteiger partial charge in [-0.25, -0.2) is 18.6 Å². The summed E-state index contributed by atoms with van der Waals surface area (Å²) < 4.78 is 26.8. The third-order valence-electron chi connectivity index (χ3n) is 3.53. The van der Waals surface area contributed by atoms with Crippen molar-refractivity contribution in [1.82, 2.24) is 10.2 Å². The van der Waals surface area contributed by atoms with Gasteiger partial charge in [0.15, 0.2) is 4.90 Å². The van der Waals surface area contributed by atoms with Crippen molar-refractivity contribution in [2.45, 2.75) is 24.3 Å². The van der Waals surface area contributed by atoms with Gasteiger partial charge >= 0.3 is 0 Å². The second-order valence-corrected chi connectivity index (χ2v) is 7.23. The first-order valence-corrected chi connectivity index (χ1v) is 9.60. The highest BCUT2D eigenvalue weighted by atomic mass is 32.2. The Bertz CT molecular complexity index is 812. The van der Waals surface area contributed by atoms with Crippen molar-refractivity contribution in [3.8, 4) is 0 Å². The van der Waals surface area contributed by atoms with Crippen molar-refractivity contribution in [1.29, 1.82) is 0 Å². The van der Waals surface area contributed by atoms with E-state index in [1.165, 1.54) is 24.3 Å². The molecule has 0 amide bonds. The maximum Gasteiger partial charge on any atom is 0.289 e. The van der Waals surface area contributed by atoms with Crippen LogP contribution in [-0.4, -0.2) is 26.4 Å². The Morgan fingerprint density at radius 3 is 2.35 bits per heavy atom. The van der Waals surface area contributed by atoms with Crippen LogP contribution in [0.4, 0.5) is 5.69 Å². The number of hydrogen-bond donors (Lipinski definition) is 2. The fourth-order valence-corrected chi connectivity index (χ4v) is 3.47. The minimum absolute atomic E-state index is 0.189. The van der Waals surface area contributed by atoms with Gasteiger partial charge in [-0.05, 0) is 24.5 Å². The van der Waals surface area contributed by atoms with Crippen molar-refractivity contribution in [3.63, 3.8) is 0 Å². The van der Waals surface area contributed by atoms with E-state index < -0.39 is 20.6 Å². The van der Waals surface area contributed by atoms with Gasteiger partial charge in [-0.15, -0.1) is 0 Å². The van der Waals surface area contributed by atoms with Crippen molar-refractivity contribution in [3.05, 3.63) is 70.3 Å². The molecule has 0 spiro atoms. The first kappa shape index (κ1) is 20.0. The van der Waals surface area contributed by atoms with Gasteiger partial charge in [0.25, 0.3) is 5.69 Å². The Kier molecular flexibility index (Phi) is 7.67. The zero-order valence-electron chi connectivity index (χ0n) is 14.1. The smallest absolute Gasteiger partial charge is 0.289 e. The van der Waals surface area contributed by atoms with Crippen LogP contribution in [0.1, 0.15) is 18.4 Å². The van der Waals surface area contributed by atoms with E-state index in [9.17, 15) is 18.5 Å². The van der Waals surface area contributed by atoms with Crippen LogP contribution < -0.4 is 10.2 Å². The van der Waals surface area contributed by atoms with Gasteiger partial charge < -0.3 is 0 Å². The van der Waals surface area contributed by atoms with Crippen LogP contribution in [0.3, 0.4) is 0 Å². The van der Waals surface area contributed by atoms with Crippen molar-refractivity contribution >= 4 is 15.7 Å². The van der Waals surface area contributed by atoms with Crippen LogP contribution in [-0.2, 0) is 21.5 Å². The van der Waals surface area contributed by atoms with E-state index in [0.29, 0.717) is 26.0 Å². The molecule has 26 heavy (non-hydrogen) atoms. The molecule has 2 aromatic rings. The normalized spacial score (nSPS) is 11.4. The topological polar surface area (TPSA) is 111 Å². The van der Waals surface area contributed by atoms with Crippen molar-refractivity contribution < 1.29 is 18.2 Å². The highest BCUT2D eigenvalue weighted by molar-refractivity contribution is 7.89. The second kappa shape index (κ2) is 9.97. The number of sulfonamides is 1. The molecule has 0 heterocycles. The lowest BCUT2D eigenvalue weighted by atomic mass is 10.2. The monoisotopic (exact) mass is 379 g/mol. The molecule has 0 aliphatic heterocycles. The molecule has 2 rings (SSSR count). The Morgan fingerprint density at radius 1 is 0.962 bits per heavy atom. The number of nitro benzene ring substituents is 1. The molecule has 0 aromatic heterocycles. The van der Waals surface area contributed by atoms with Crippen LogP contribution >= 0.6 is 0 Å². The number of hydrogen-bond acceptors (Lipinski definition) is 6. The molecule has 0 bridgehead atoms. The van der Waals surface area contributed by atoms with E-state index in [4.69, 9.17) is 4.84 Å². The number of para-hydroxylation sites is 1. The standard InChI is InChI=1S/C17H21N3O5S/c21-20(22)16-10-4-5-11-17(16)26(23,24)19-13-7-6-12-18-25-14-15-8-2-1-3-9-15/h1-5,8-11,18-19H,6-7,12-14H2. The molecule has 2 aromatic carbocycles. The molecule has 0 aliphatic carbocycles. The number of benzene rings is 2. The molecule has 2 N–H and O–H groups in total. The van der Waals surface area contributed by atoms with Gasteiger partial charge in [0.1, 0.15) is 0 Å². The lowest BCUT2D eigenvalue weighted by Crippen LogP contribution is -2.26. The van der Waals surface area contributed by atoms with Crippen LogP contribution in [0.2, 0.25) is 0 Å². The van der Waals surface area contributed by atoms with E-state index in [1.54, 1.807) is 0 Å². The molecule has 0 radical (unpaired) electrons. The molecule has 0 aliphatic rings. The number of unbranched alkanes of at least 4 members (excludes halogenated alkanes) is 1. The number of hydroxylamine groups is 1. The number of nitro groups is 1. The molecule has 0 atom stereocenters. The summed E-state index contributed by atoms with van der Waals surface area (Å²) in [6.45, 7) is 1.21. The largest absolute Gasteiger partial charge is 0.297 e. The maximum atomic E-state index is 12.2. The van der Waals surface area contributed by atoms with Crippen molar-refractivity contribution in [2.24, 2.45) is 0 Å². The molecular weight excluding hydrogens is 358 g/mol. The summed E-state index contributed by atoms with van der Waals surface area (Å²) in [5, 5.41) is 10.9. The predicted octanol–water partition coefficient (Wildman–Crippen LogP) is 2.37. The van der Waals surface area contributed by atoms with E-state index in [2.05, 4.69) is 10.2 Å². The quantitative estimate of drug-likeness (QED) is 0.352. The zero-order chi connectivity index (χ0) is 18.8. The minimum atomic E-state index is -3.91. The SMILES string of the molecule is O=[N+]([O-])c1ccccc1S(=O)(=O)NCCCCNOCc1ccccc1. The summed E-state index contributed by atoms with van der Waals surface area (Å²) in [7, 11) is -3.91. The number of rotatable bonds is 11. The summed E-state index contributed by atoms with van der Waals surface area (Å²) in [5.74, 6) is 0. The Morgan fingerprint density at radius 2 is 1.62 bits per heavy atom. The van der Waals surface area contributed by atoms with Gasteiger partial charge in [0.05, 0.1) is 11.5 Å². The third kappa shape index (κ3) is 6.19.